The summed E-state index contributed by atoms with van der Waals surface area (Å²) in [5.41, 5.74) is 0. The molecule has 1 fully saturated rings. The van der Waals surface area contributed by atoms with Crippen LogP contribution in [0.25, 0.3) is 0 Å². The zero-order valence-electron chi connectivity index (χ0n) is 10.8. The van der Waals surface area contributed by atoms with Crippen LogP contribution < -0.4 is 10.2 Å². The van der Waals surface area contributed by atoms with E-state index in [-0.39, 0.29) is 11.9 Å². The lowest BCUT2D eigenvalue weighted by Crippen LogP contribution is -2.54. The van der Waals surface area contributed by atoms with Gasteiger partial charge in [0.2, 0.25) is 5.91 Å². The van der Waals surface area contributed by atoms with Crippen molar-refractivity contribution in [3.8, 4) is 0 Å². The van der Waals surface area contributed by atoms with Crippen molar-refractivity contribution in [3.05, 3.63) is 16.1 Å². The van der Waals surface area contributed by atoms with E-state index in [9.17, 15) is 4.79 Å². The molecule has 1 amide bonds. The Balaban J connectivity index is 2.16. The minimum Gasteiger partial charge on any atom is -0.377 e. The first-order valence-corrected chi connectivity index (χ1v) is 7.39. The van der Waals surface area contributed by atoms with Crippen LogP contribution in [0.1, 0.15) is 13.3 Å². The number of carbonyl (C=O) groups is 1. The Bertz CT molecular complexity index is 443. The molecule has 1 aromatic rings. The average Bonchev–Trinajstić information content (AvgIpc) is 2.45. The van der Waals surface area contributed by atoms with Gasteiger partial charge < -0.3 is 15.0 Å². The highest BCUT2D eigenvalue weighted by Gasteiger charge is 2.31. The monoisotopic (exact) mass is 376 g/mol. The number of morpholine rings is 1. The summed E-state index contributed by atoms with van der Waals surface area (Å²) in [6, 6.07) is -0.316. The molecule has 2 heterocycles. The molecule has 6 nitrogen and oxygen atoms in total. The van der Waals surface area contributed by atoms with Crippen molar-refractivity contribution >= 4 is 34.3 Å². The van der Waals surface area contributed by atoms with E-state index in [1.54, 1.807) is 6.20 Å². The number of anilines is 1. The summed E-state index contributed by atoms with van der Waals surface area (Å²) in [7, 11) is 0. The number of nitrogens with zero attached hydrogens (tertiary/aromatic N) is 3. The highest BCUT2D eigenvalue weighted by Crippen LogP contribution is 2.22. The molecule has 0 bridgehead atoms. The van der Waals surface area contributed by atoms with E-state index < -0.39 is 0 Å². The largest absolute Gasteiger partial charge is 0.377 e. The summed E-state index contributed by atoms with van der Waals surface area (Å²) in [6.07, 6.45) is 4.18. The molecule has 104 valence electrons. The van der Waals surface area contributed by atoms with Gasteiger partial charge in [-0.25, -0.2) is 9.97 Å². The van der Waals surface area contributed by atoms with Crippen molar-refractivity contribution in [2.24, 2.45) is 0 Å². The number of hydrogen-bond donors (Lipinski definition) is 1. The standard InChI is InChI=1S/C12H17IN4O2/c1-2-3-15-12(18)10-7-19-5-4-17(10)11-9(13)6-14-8-16-11/h6,8,10H,2-5,7H2,1H3,(H,15,18). The topological polar surface area (TPSA) is 67.3 Å². The molecule has 0 radical (unpaired) electrons. The maximum absolute atomic E-state index is 12.2. The van der Waals surface area contributed by atoms with E-state index in [0.29, 0.717) is 26.3 Å². The van der Waals surface area contributed by atoms with Gasteiger partial charge in [-0.2, -0.15) is 0 Å². The van der Waals surface area contributed by atoms with Crippen molar-refractivity contribution in [2.45, 2.75) is 19.4 Å². The van der Waals surface area contributed by atoms with Crippen LogP contribution in [0.3, 0.4) is 0 Å². The molecule has 1 saturated heterocycles. The van der Waals surface area contributed by atoms with Crippen LogP contribution in [0.2, 0.25) is 0 Å². The second-order valence-electron chi connectivity index (χ2n) is 4.27. The van der Waals surface area contributed by atoms with Gasteiger partial charge in [0, 0.05) is 19.3 Å². The predicted molar refractivity (Wildman–Crippen MR) is 80.0 cm³/mol. The fraction of sp³-hybridized carbons (Fsp3) is 0.583. The summed E-state index contributed by atoms with van der Waals surface area (Å²) in [4.78, 5) is 22.4. The maximum Gasteiger partial charge on any atom is 0.245 e. The molecule has 1 aliphatic heterocycles. The SMILES string of the molecule is CCCNC(=O)C1COCCN1c1ncncc1I. The second-order valence-corrected chi connectivity index (χ2v) is 5.43. The van der Waals surface area contributed by atoms with Crippen molar-refractivity contribution in [3.63, 3.8) is 0 Å². The van der Waals surface area contributed by atoms with Crippen LogP contribution in [0.4, 0.5) is 5.82 Å². The summed E-state index contributed by atoms with van der Waals surface area (Å²) in [5, 5.41) is 2.91. The zero-order chi connectivity index (χ0) is 13.7. The molecule has 0 aromatic carbocycles. The Morgan fingerprint density at radius 2 is 2.53 bits per heavy atom. The molecular weight excluding hydrogens is 359 g/mol. The number of hydrogen-bond acceptors (Lipinski definition) is 5. The van der Waals surface area contributed by atoms with Crippen LogP contribution in [0.5, 0.6) is 0 Å². The average molecular weight is 376 g/mol. The van der Waals surface area contributed by atoms with Crippen molar-refractivity contribution in [1.82, 2.24) is 15.3 Å². The number of aromatic nitrogens is 2. The third-order valence-electron chi connectivity index (χ3n) is 2.90. The quantitative estimate of drug-likeness (QED) is 0.788. The van der Waals surface area contributed by atoms with Crippen molar-refractivity contribution in [2.75, 3.05) is 31.2 Å². The molecule has 0 saturated carbocycles. The van der Waals surface area contributed by atoms with Gasteiger partial charge in [-0.1, -0.05) is 6.92 Å². The van der Waals surface area contributed by atoms with Crippen LogP contribution in [0, 0.1) is 3.57 Å². The Labute approximate surface area is 126 Å². The van der Waals surface area contributed by atoms with E-state index in [1.165, 1.54) is 6.33 Å². The predicted octanol–water partition coefficient (Wildman–Crippen LogP) is 0.813. The Morgan fingerprint density at radius 3 is 3.26 bits per heavy atom. The Hall–Kier alpha value is -0.960. The summed E-state index contributed by atoms with van der Waals surface area (Å²) in [5.74, 6) is 0.798. The van der Waals surface area contributed by atoms with E-state index in [0.717, 1.165) is 15.8 Å². The summed E-state index contributed by atoms with van der Waals surface area (Å²) in [6.45, 7) is 4.39. The summed E-state index contributed by atoms with van der Waals surface area (Å²) >= 11 is 2.19. The van der Waals surface area contributed by atoms with Crippen molar-refractivity contribution < 1.29 is 9.53 Å². The van der Waals surface area contributed by atoms with Gasteiger partial charge >= 0.3 is 0 Å². The first kappa shape index (κ1) is 14.4. The lowest BCUT2D eigenvalue weighted by atomic mass is 10.2. The van der Waals surface area contributed by atoms with Crippen LogP contribution in [-0.4, -0.2) is 48.2 Å². The van der Waals surface area contributed by atoms with Crippen molar-refractivity contribution in [1.29, 1.82) is 0 Å². The molecule has 1 N–H and O–H groups in total. The molecular formula is C12H17IN4O2. The molecule has 1 unspecified atom stereocenters. The molecule has 1 aliphatic rings. The third kappa shape index (κ3) is 3.53. The first-order chi connectivity index (χ1) is 9.24. The smallest absolute Gasteiger partial charge is 0.245 e. The second kappa shape index (κ2) is 6.99. The van der Waals surface area contributed by atoms with Gasteiger partial charge in [-0.15, -0.1) is 0 Å². The molecule has 0 spiro atoms. The van der Waals surface area contributed by atoms with Crippen LogP contribution in [0.15, 0.2) is 12.5 Å². The van der Waals surface area contributed by atoms with E-state index in [4.69, 9.17) is 4.74 Å². The van der Waals surface area contributed by atoms with Gasteiger partial charge in [0.15, 0.2) is 0 Å². The maximum atomic E-state index is 12.2. The zero-order valence-corrected chi connectivity index (χ0v) is 13.0. The first-order valence-electron chi connectivity index (χ1n) is 6.31. The number of amides is 1. The van der Waals surface area contributed by atoms with Gasteiger partial charge in [0.1, 0.15) is 18.2 Å². The fourth-order valence-electron chi connectivity index (χ4n) is 1.96. The summed E-state index contributed by atoms with van der Waals surface area (Å²) < 4.78 is 6.37. The van der Waals surface area contributed by atoms with Gasteiger partial charge in [0.25, 0.3) is 0 Å². The number of ether oxygens (including phenoxy) is 1. The highest BCUT2D eigenvalue weighted by atomic mass is 127. The molecule has 7 heteroatoms. The molecule has 2 rings (SSSR count). The molecule has 1 atom stereocenters. The van der Waals surface area contributed by atoms with E-state index in [1.807, 2.05) is 11.8 Å². The Morgan fingerprint density at radius 1 is 1.68 bits per heavy atom. The minimum atomic E-state index is -0.316. The number of rotatable bonds is 4. The minimum absolute atomic E-state index is 0.00374. The van der Waals surface area contributed by atoms with Gasteiger partial charge in [0.05, 0.1) is 16.8 Å². The highest BCUT2D eigenvalue weighted by molar-refractivity contribution is 14.1. The van der Waals surface area contributed by atoms with Gasteiger partial charge in [-0.3, -0.25) is 4.79 Å². The number of halogens is 1. The number of carbonyl (C=O) groups excluding carboxylic acids is 1. The molecule has 1 aromatic heterocycles. The fourth-order valence-corrected chi connectivity index (χ4v) is 2.57. The molecule has 19 heavy (non-hydrogen) atoms. The lowest BCUT2D eigenvalue weighted by molar-refractivity contribution is -0.124. The van der Waals surface area contributed by atoms with Gasteiger partial charge in [-0.05, 0) is 29.0 Å². The molecule has 0 aliphatic carbocycles. The van der Waals surface area contributed by atoms with E-state index in [2.05, 4.69) is 37.9 Å². The number of nitrogens with one attached hydrogen (secondary N) is 1. The van der Waals surface area contributed by atoms with Crippen LogP contribution >= 0.6 is 22.6 Å². The lowest BCUT2D eigenvalue weighted by Gasteiger charge is -2.35. The van der Waals surface area contributed by atoms with E-state index >= 15 is 0 Å². The normalized spacial score (nSPS) is 19.3. The third-order valence-corrected chi connectivity index (χ3v) is 3.66. The Kier molecular flexibility index (Phi) is 5.32. The van der Waals surface area contributed by atoms with Crippen LogP contribution in [-0.2, 0) is 9.53 Å².